The Morgan fingerprint density at radius 1 is 1.35 bits per heavy atom. The Balaban J connectivity index is 2.10. The normalized spacial score (nSPS) is 13.3. The zero-order valence-corrected chi connectivity index (χ0v) is 13.4. The van der Waals surface area contributed by atoms with Gasteiger partial charge >= 0.3 is 0 Å². The number of hydrogen-bond donors (Lipinski definition) is 1. The van der Waals surface area contributed by atoms with Gasteiger partial charge in [0.25, 0.3) is 0 Å². The van der Waals surface area contributed by atoms with E-state index in [4.69, 9.17) is 0 Å². The van der Waals surface area contributed by atoms with Gasteiger partial charge in [-0.3, -0.25) is 4.68 Å². The molecule has 0 aliphatic rings. The van der Waals surface area contributed by atoms with Crippen molar-refractivity contribution in [3.05, 3.63) is 48.3 Å². The Morgan fingerprint density at radius 3 is 2.60 bits per heavy atom. The number of sulfonamides is 1. The van der Waals surface area contributed by atoms with Gasteiger partial charge in [-0.2, -0.15) is 5.10 Å². The molecule has 1 heterocycles. The minimum atomic E-state index is -3.53. The molecule has 7 heteroatoms. The summed E-state index contributed by atoms with van der Waals surface area (Å²) in [4.78, 5) is 0.180. The van der Waals surface area contributed by atoms with Crippen LogP contribution in [0.4, 0.5) is 0 Å². The average Bonchev–Trinajstić information content (AvgIpc) is 2.86. The summed E-state index contributed by atoms with van der Waals surface area (Å²) in [6, 6.07) is 9.57. The van der Waals surface area contributed by atoms with Gasteiger partial charge in [-0.25, -0.2) is 13.1 Å². The molecule has 1 aromatic carbocycles. The van der Waals surface area contributed by atoms with Crippen LogP contribution in [-0.2, 0) is 23.5 Å². The monoisotopic (exact) mass is 357 g/mol. The van der Waals surface area contributed by atoms with Crippen molar-refractivity contribution in [1.29, 1.82) is 0 Å². The molecule has 1 N–H and O–H groups in total. The highest BCUT2D eigenvalue weighted by atomic mass is 79.9. The molecule has 0 amide bonds. The Labute approximate surface area is 127 Å². The van der Waals surface area contributed by atoms with Gasteiger partial charge < -0.3 is 0 Å². The van der Waals surface area contributed by atoms with E-state index in [2.05, 4.69) is 25.8 Å². The first-order chi connectivity index (χ1) is 9.51. The lowest BCUT2D eigenvalue weighted by molar-refractivity contribution is 0.562. The molecule has 108 valence electrons. The first kappa shape index (κ1) is 15.2. The fraction of sp³-hybridized carbons (Fsp3) is 0.308. The van der Waals surface area contributed by atoms with Crippen molar-refractivity contribution >= 4 is 26.0 Å². The van der Waals surface area contributed by atoms with E-state index in [1.54, 1.807) is 7.05 Å². The van der Waals surface area contributed by atoms with Crippen molar-refractivity contribution in [3.8, 4) is 0 Å². The summed E-state index contributed by atoms with van der Waals surface area (Å²) in [7, 11) is -1.85. The van der Waals surface area contributed by atoms with Crippen molar-refractivity contribution in [2.75, 3.05) is 5.33 Å². The topological polar surface area (TPSA) is 64.0 Å². The first-order valence-electron chi connectivity index (χ1n) is 6.12. The molecule has 0 radical (unpaired) electrons. The van der Waals surface area contributed by atoms with Gasteiger partial charge in [-0.1, -0.05) is 46.3 Å². The van der Waals surface area contributed by atoms with E-state index in [1.807, 2.05) is 30.3 Å². The number of alkyl halides is 1. The van der Waals surface area contributed by atoms with Crippen molar-refractivity contribution in [3.63, 3.8) is 0 Å². The lowest BCUT2D eigenvalue weighted by Crippen LogP contribution is -2.37. The number of rotatable bonds is 6. The average molecular weight is 358 g/mol. The summed E-state index contributed by atoms with van der Waals surface area (Å²) in [5, 5.41) is 4.43. The molecular weight excluding hydrogens is 342 g/mol. The third-order valence-electron chi connectivity index (χ3n) is 2.82. The van der Waals surface area contributed by atoms with E-state index >= 15 is 0 Å². The van der Waals surface area contributed by atoms with E-state index in [0.717, 1.165) is 5.56 Å². The number of aryl methyl sites for hydroxylation is 1. The molecule has 2 rings (SSSR count). The largest absolute Gasteiger partial charge is 0.274 e. The smallest absolute Gasteiger partial charge is 0.243 e. The minimum absolute atomic E-state index is 0.180. The van der Waals surface area contributed by atoms with Gasteiger partial charge in [0.05, 0.1) is 6.20 Å². The second kappa shape index (κ2) is 6.51. The van der Waals surface area contributed by atoms with E-state index < -0.39 is 10.0 Å². The number of halogens is 1. The van der Waals surface area contributed by atoms with Gasteiger partial charge in [0.15, 0.2) is 0 Å². The maximum atomic E-state index is 12.2. The van der Waals surface area contributed by atoms with Gasteiger partial charge in [-0.05, 0) is 12.0 Å². The lowest BCUT2D eigenvalue weighted by atomic mass is 10.1. The van der Waals surface area contributed by atoms with Crippen LogP contribution in [0.1, 0.15) is 5.56 Å². The van der Waals surface area contributed by atoms with Crippen LogP contribution in [0.5, 0.6) is 0 Å². The quantitative estimate of drug-likeness (QED) is 0.800. The summed E-state index contributed by atoms with van der Waals surface area (Å²) in [5.41, 5.74) is 1.09. The summed E-state index contributed by atoms with van der Waals surface area (Å²) in [6.45, 7) is 0. The zero-order valence-electron chi connectivity index (χ0n) is 11.0. The van der Waals surface area contributed by atoms with Gasteiger partial charge in [-0.15, -0.1) is 0 Å². The van der Waals surface area contributed by atoms with E-state index in [-0.39, 0.29) is 10.9 Å². The first-order valence-corrected chi connectivity index (χ1v) is 8.72. The molecule has 1 unspecified atom stereocenters. The van der Waals surface area contributed by atoms with Crippen molar-refractivity contribution in [2.24, 2.45) is 7.05 Å². The fourth-order valence-corrected chi connectivity index (χ4v) is 3.68. The molecule has 0 spiro atoms. The standard InChI is InChI=1S/C13H16BrN3O2S/c1-17-10-13(9-15-17)20(18,19)16-12(8-14)7-11-5-3-2-4-6-11/h2-6,9-10,12,16H,7-8H2,1H3. The zero-order chi connectivity index (χ0) is 14.6. The maximum Gasteiger partial charge on any atom is 0.243 e. The van der Waals surface area contributed by atoms with Crippen LogP contribution >= 0.6 is 15.9 Å². The SMILES string of the molecule is Cn1cc(S(=O)(=O)NC(CBr)Cc2ccccc2)cn1. The molecule has 1 atom stereocenters. The molecule has 20 heavy (non-hydrogen) atoms. The van der Waals surface area contributed by atoms with Crippen LogP contribution < -0.4 is 4.72 Å². The van der Waals surface area contributed by atoms with Gasteiger partial charge in [0.2, 0.25) is 10.0 Å². The number of hydrogen-bond acceptors (Lipinski definition) is 3. The number of nitrogens with zero attached hydrogens (tertiary/aromatic N) is 2. The Morgan fingerprint density at radius 2 is 2.05 bits per heavy atom. The Kier molecular flexibility index (Phi) is 4.95. The van der Waals surface area contributed by atoms with Crippen LogP contribution in [-0.4, -0.2) is 29.6 Å². The van der Waals surface area contributed by atoms with Crippen molar-refractivity contribution in [2.45, 2.75) is 17.4 Å². The van der Waals surface area contributed by atoms with Gasteiger partial charge in [0, 0.05) is 24.6 Å². The summed E-state index contributed by atoms with van der Waals surface area (Å²) in [6.07, 6.45) is 3.46. The minimum Gasteiger partial charge on any atom is -0.274 e. The highest BCUT2D eigenvalue weighted by molar-refractivity contribution is 9.09. The summed E-state index contributed by atoms with van der Waals surface area (Å²) >= 11 is 3.36. The molecule has 2 aromatic rings. The van der Waals surface area contributed by atoms with Crippen LogP contribution in [0, 0.1) is 0 Å². The molecular formula is C13H16BrN3O2S. The molecule has 0 bridgehead atoms. The second-order valence-electron chi connectivity index (χ2n) is 4.51. The second-order valence-corrected chi connectivity index (χ2v) is 6.87. The van der Waals surface area contributed by atoms with Crippen LogP contribution in [0.2, 0.25) is 0 Å². The van der Waals surface area contributed by atoms with E-state index in [1.165, 1.54) is 17.1 Å². The Hall–Kier alpha value is -1.18. The molecule has 0 saturated heterocycles. The predicted octanol–water partition coefficient (Wildman–Crippen LogP) is 1.70. The molecule has 0 saturated carbocycles. The Bertz CT molecular complexity index is 655. The molecule has 0 aliphatic carbocycles. The van der Waals surface area contributed by atoms with Crippen LogP contribution in [0.15, 0.2) is 47.6 Å². The fourth-order valence-electron chi connectivity index (χ4n) is 1.85. The van der Waals surface area contributed by atoms with Crippen molar-refractivity contribution in [1.82, 2.24) is 14.5 Å². The van der Waals surface area contributed by atoms with Gasteiger partial charge in [0.1, 0.15) is 4.90 Å². The predicted molar refractivity (Wildman–Crippen MR) is 81.3 cm³/mol. The van der Waals surface area contributed by atoms with E-state index in [0.29, 0.717) is 11.8 Å². The summed E-state index contributed by atoms with van der Waals surface area (Å²) < 4.78 is 28.6. The molecule has 0 aliphatic heterocycles. The summed E-state index contributed by atoms with van der Waals surface area (Å²) in [5.74, 6) is 0. The highest BCUT2D eigenvalue weighted by Crippen LogP contribution is 2.11. The molecule has 0 fully saturated rings. The maximum absolute atomic E-state index is 12.2. The van der Waals surface area contributed by atoms with Crippen LogP contribution in [0.3, 0.4) is 0 Å². The molecule has 1 aromatic heterocycles. The van der Waals surface area contributed by atoms with Crippen LogP contribution in [0.25, 0.3) is 0 Å². The van der Waals surface area contributed by atoms with E-state index in [9.17, 15) is 8.42 Å². The third kappa shape index (κ3) is 3.91. The number of benzene rings is 1. The molecule has 5 nitrogen and oxygen atoms in total. The number of nitrogens with one attached hydrogen (secondary N) is 1. The third-order valence-corrected chi connectivity index (χ3v) is 5.08. The van der Waals surface area contributed by atoms with Crippen molar-refractivity contribution < 1.29 is 8.42 Å². The highest BCUT2D eigenvalue weighted by Gasteiger charge is 2.21. The number of aromatic nitrogens is 2. The lowest BCUT2D eigenvalue weighted by Gasteiger charge is -2.15.